The summed E-state index contributed by atoms with van der Waals surface area (Å²) in [4.78, 5) is 15.1. The van der Waals surface area contributed by atoms with E-state index >= 15 is 0 Å². The molecule has 0 aliphatic heterocycles. The van der Waals surface area contributed by atoms with E-state index < -0.39 is 7.14 Å². The van der Waals surface area contributed by atoms with Gasteiger partial charge in [0.25, 0.3) is 7.14 Å². The largest absolute Gasteiger partial charge is 0.329 e. The zero-order chi connectivity index (χ0) is 4.50. The van der Waals surface area contributed by atoms with Gasteiger partial charge in [-0.1, -0.05) is 0 Å². The highest BCUT2D eigenvalue weighted by atomic mass is 31.4. The van der Waals surface area contributed by atoms with Crippen LogP contribution < -0.4 is 0 Å². The molecule has 0 aromatic carbocycles. The lowest BCUT2D eigenvalue weighted by atomic mass is 15.8. The first-order valence-electron chi connectivity index (χ1n) is 0.806. The quantitative estimate of drug-likeness (QED) is 0.318. The molecule has 0 aliphatic carbocycles. The van der Waals surface area contributed by atoms with Crippen molar-refractivity contribution in [3.63, 3.8) is 0 Å². The summed E-state index contributed by atoms with van der Waals surface area (Å²) in [6.07, 6.45) is 0. The summed E-state index contributed by atoms with van der Waals surface area (Å²) in [6.45, 7) is 0. The summed E-state index contributed by atoms with van der Waals surface area (Å²) >= 11 is 0. The third-order valence-electron chi connectivity index (χ3n) is 0. The van der Waals surface area contributed by atoms with Crippen LogP contribution in [0.4, 0.5) is 0 Å². The highest BCUT2D eigenvalue weighted by molar-refractivity contribution is 7.77. The highest BCUT2D eigenvalue weighted by Crippen LogP contribution is 2.24. The summed E-state index contributed by atoms with van der Waals surface area (Å²) in [5, 5.41) is 0. The van der Waals surface area contributed by atoms with Gasteiger partial charge in [0.05, 0.1) is 0 Å². The van der Waals surface area contributed by atoms with E-state index in [9.17, 15) is 4.57 Å². The molecule has 0 amide bonds. The van der Waals surface area contributed by atoms with Gasteiger partial charge in [0.1, 0.15) is 0 Å². The van der Waals surface area contributed by atoms with Gasteiger partial charge in [0, 0.05) is 0 Å². The van der Waals surface area contributed by atoms with Crippen LogP contribution in [0.3, 0.4) is 0 Å². The van der Waals surface area contributed by atoms with Gasteiger partial charge in [-0.2, -0.15) is 0 Å². The molecule has 5 heteroatoms. The van der Waals surface area contributed by atoms with Crippen LogP contribution in [0, 0.1) is 0 Å². The van der Waals surface area contributed by atoms with Crippen LogP contribution in [-0.2, 0) is 4.57 Å². The van der Waals surface area contributed by atoms with Gasteiger partial charge in [-0.3, -0.25) is 4.57 Å². The van der Waals surface area contributed by atoms with Gasteiger partial charge < -0.3 is 9.79 Å². The molecule has 0 saturated carbocycles. The lowest BCUT2D eigenvalue weighted by Gasteiger charge is -1.84. The zero-order valence-electron chi connectivity index (χ0n) is 2.25. The fourth-order valence-electron chi connectivity index (χ4n) is 0. The standard InChI is InChI=1S/H2O3PSi/c1-4(2,3)5/h(H2,1,2,3). The third kappa shape index (κ3) is 182. The molecule has 0 aromatic heterocycles. The van der Waals surface area contributed by atoms with Crippen LogP contribution in [-0.4, -0.2) is 19.7 Å². The summed E-state index contributed by atoms with van der Waals surface area (Å²) in [5.41, 5.74) is 0. The second kappa shape index (κ2) is 1.22. The minimum Gasteiger partial charge on any atom is -0.329 e. The number of hydrogen-bond acceptors (Lipinski definition) is 1. The third-order valence-corrected chi connectivity index (χ3v) is 0. The van der Waals surface area contributed by atoms with Crippen molar-refractivity contribution in [2.75, 3.05) is 0 Å². The van der Waals surface area contributed by atoms with Crippen molar-refractivity contribution in [1.29, 1.82) is 0 Å². The molecular formula is H2O3PSi. The Kier molecular flexibility index (Phi) is 1.31. The Morgan fingerprint density at radius 1 is 1.60 bits per heavy atom. The molecule has 0 heterocycles. The molecule has 0 fully saturated rings. The monoisotopic (exact) mass is 109 g/mol. The summed E-state index contributed by atoms with van der Waals surface area (Å²) in [6, 6.07) is 0. The van der Waals surface area contributed by atoms with Gasteiger partial charge in [0.2, 0.25) is 9.91 Å². The van der Waals surface area contributed by atoms with Crippen LogP contribution in [0.2, 0.25) is 0 Å². The lowest BCUT2D eigenvalue weighted by molar-refractivity contribution is 0.395. The van der Waals surface area contributed by atoms with Crippen LogP contribution in [0.1, 0.15) is 0 Å². The Labute approximate surface area is 32.4 Å². The fraction of sp³-hybridized carbons (Fsp3) is 0. The predicted octanol–water partition coefficient (Wildman–Crippen LogP) is -0.752. The van der Waals surface area contributed by atoms with Crippen molar-refractivity contribution in [2.45, 2.75) is 0 Å². The van der Waals surface area contributed by atoms with Crippen LogP contribution in [0.25, 0.3) is 0 Å². The molecule has 3 nitrogen and oxygen atoms in total. The second-order valence-electron chi connectivity index (χ2n) is 0.544. The SMILES string of the molecule is O=P(O)(O)[Si]. The maximum absolute atomic E-state index is 9.24. The predicted molar refractivity (Wildman–Crippen MR) is 17.8 cm³/mol. The minimum absolute atomic E-state index is 2.09. The van der Waals surface area contributed by atoms with Crippen molar-refractivity contribution in [1.82, 2.24) is 0 Å². The van der Waals surface area contributed by atoms with Crippen molar-refractivity contribution >= 4 is 17.1 Å². The first-order valence-corrected chi connectivity index (χ1v) is 3.76. The normalized spacial score (nSPS) is 11.8. The van der Waals surface area contributed by atoms with E-state index in [0.29, 0.717) is 0 Å². The van der Waals surface area contributed by atoms with Crippen molar-refractivity contribution < 1.29 is 14.4 Å². The van der Waals surface area contributed by atoms with Gasteiger partial charge in [-0.15, -0.1) is 0 Å². The molecule has 0 bridgehead atoms. The van der Waals surface area contributed by atoms with Gasteiger partial charge in [-0.25, -0.2) is 0 Å². The van der Waals surface area contributed by atoms with Crippen LogP contribution in [0.5, 0.6) is 0 Å². The Balaban J connectivity index is 3.47. The smallest absolute Gasteiger partial charge is 0.285 e. The van der Waals surface area contributed by atoms with E-state index in [1.807, 2.05) is 0 Å². The van der Waals surface area contributed by atoms with Gasteiger partial charge >= 0.3 is 0 Å². The van der Waals surface area contributed by atoms with E-state index in [1.165, 1.54) is 0 Å². The molecule has 0 saturated heterocycles. The molecular weight excluding hydrogens is 107 g/mol. The summed E-state index contributed by atoms with van der Waals surface area (Å²) in [7, 11) is -1.75. The molecule has 3 radical (unpaired) electrons. The first kappa shape index (κ1) is 5.37. The molecule has 0 aromatic rings. The molecule has 0 unspecified atom stereocenters. The lowest BCUT2D eigenvalue weighted by Crippen LogP contribution is -1.67. The Morgan fingerprint density at radius 2 is 1.60 bits per heavy atom. The van der Waals surface area contributed by atoms with Crippen molar-refractivity contribution in [3.05, 3.63) is 0 Å². The molecule has 0 spiro atoms. The van der Waals surface area contributed by atoms with Gasteiger partial charge in [0.15, 0.2) is 0 Å². The minimum atomic E-state index is -3.83. The van der Waals surface area contributed by atoms with E-state index in [4.69, 9.17) is 9.79 Å². The fourth-order valence-corrected chi connectivity index (χ4v) is 0. The van der Waals surface area contributed by atoms with Gasteiger partial charge in [-0.05, 0) is 0 Å². The highest BCUT2D eigenvalue weighted by Gasteiger charge is 1.96. The Bertz CT molecular complexity index is 53.0. The average molecular weight is 109 g/mol. The summed E-state index contributed by atoms with van der Waals surface area (Å²) < 4.78 is 9.24. The molecule has 29 valence electrons. The second-order valence-corrected chi connectivity index (χ2v) is 3.38. The van der Waals surface area contributed by atoms with Crippen molar-refractivity contribution in [2.24, 2.45) is 0 Å². The zero-order valence-corrected chi connectivity index (χ0v) is 4.14. The molecule has 0 rings (SSSR count). The molecule has 0 atom stereocenters. The first-order chi connectivity index (χ1) is 2.00. The van der Waals surface area contributed by atoms with E-state index in [1.54, 1.807) is 0 Å². The molecule has 5 heavy (non-hydrogen) atoms. The van der Waals surface area contributed by atoms with E-state index in [0.717, 1.165) is 0 Å². The van der Waals surface area contributed by atoms with E-state index in [2.05, 4.69) is 9.91 Å². The topological polar surface area (TPSA) is 57.5 Å². The number of rotatable bonds is 0. The van der Waals surface area contributed by atoms with Crippen LogP contribution in [0.15, 0.2) is 0 Å². The average Bonchev–Trinajstić information content (AvgIpc) is 0.722. The van der Waals surface area contributed by atoms with Crippen molar-refractivity contribution in [3.8, 4) is 0 Å². The Hall–Kier alpha value is 0.367. The Morgan fingerprint density at radius 3 is 1.60 bits per heavy atom. The summed E-state index contributed by atoms with van der Waals surface area (Å²) in [5.74, 6) is 0. The van der Waals surface area contributed by atoms with E-state index in [-0.39, 0.29) is 0 Å². The maximum atomic E-state index is 9.24. The van der Waals surface area contributed by atoms with Crippen LogP contribution >= 0.6 is 7.14 Å². The molecule has 0 aliphatic rings. The maximum Gasteiger partial charge on any atom is 0.285 e. The molecule has 2 N–H and O–H groups in total. The number of hydrogen-bond donors (Lipinski definition) is 2.